The van der Waals surface area contributed by atoms with Gasteiger partial charge in [-0.05, 0) is 24.6 Å². The lowest BCUT2D eigenvalue weighted by molar-refractivity contribution is -0.619. The molecule has 3 heteroatoms. The van der Waals surface area contributed by atoms with Crippen molar-refractivity contribution in [1.82, 2.24) is 4.57 Å². The molecule has 0 unspecified atom stereocenters. The molecule has 0 saturated heterocycles. The van der Waals surface area contributed by atoms with Crippen molar-refractivity contribution in [3.8, 4) is 5.69 Å². The first-order chi connectivity index (χ1) is 10.6. The van der Waals surface area contributed by atoms with Crippen LogP contribution >= 0.6 is 0 Å². The second-order valence-electron chi connectivity index (χ2n) is 5.71. The van der Waals surface area contributed by atoms with Gasteiger partial charge in [0.2, 0.25) is 0 Å². The average molecular weight is 292 g/mol. The normalized spacial score (nSPS) is 10.9. The van der Waals surface area contributed by atoms with Gasteiger partial charge in [0, 0.05) is 13.8 Å². The van der Waals surface area contributed by atoms with E-state index in [1.165, 1.54) is 5.56 Å². The van der Waals surface area contributed by atoms with Crippen molar-refractivity contribution in [2.24, 2.45) is 0 Å². The van der Waals surface area contributed by atoms with E-state index in [-0.39, 0.29) is 0 Å². The Morgan fingerprint density at radius 2 is 1.55 bits per heavy atom. The Bertz CT molecular complexity index is 787. The van der Waals surface area contributed by atoms with E-state index < -0.39 is 0 Å². The van der Waals surface area contributed by atoms with Gasteiger partial charge in [0.15, 0.2) is 0 Å². The molecule has 3 rings (SSSR count). The van der Waals surface area contributed by atoms with Gasteiger partial charge in [0.1, 0.15) is 17.1 Å². The van der Waals surface area contributed by atoms with E-state index >= 15 is 0 Å². The number of benzene rings is 2. The summed E-state index contributed by atoms with van der Waals surface area (Å²) in [5, 5.41) is 12.6. The van der Waals surface area contributed by atoms with Crippen molar-refractivity contribution >= 4 is 0 Å². The van der Waals surface area contributed by atoms with Crippen LogP contribution in [-0.4, -0.2) is 4.57 Å². The summed E-state index contributed by atoms with van der Waals surface area (Å²) < 4.78 is 3.12. The van der Waals surface area contributed by atoms with E-state index in [1.807, 2.05) is 32.0 Å². The third kappa shape index (κ3) is 2.50. The van der Waals surface area contributed by atoms with E-state index in [0.29, 0.717) is 6.42 Å². The van der Waals surface area contributed by atoms with Crippen LogP contribution < -0.4 is 4.73 Å². The van der Waals surface area contributed by atoms with Crippen molar-refractivity contribution in [1.29, 1.82) is 0 Å². The van der Waals surface area contributed by atoms with Crippen LogP contribution in [0.25, 0.3) is 5.69 Å². The zero-order valence-corrected chi connectivity index (χ0v) is 13.2. The van der Waals surface area contributed by atoms with Gasteiger partial charge in [-0.3, -0.25) is 0 Å². The van der Waals surface area contributed by atoms with Crippen LogP contribution in [0.5, 0.6) is 0 Å². The third-order valence-electron chi connectivity index (χ3n) is 4.15. The molecule has 0 radical (unpaired) electrons. The minimum atomic E-state index is 0.618. The van der Waals surface area contributed by atoms with Crippen molar-refractivity contribution in [3.63, 3.8) is 0 Å². The molecule has 3 nitrogen and oxygen atoms in total. The fraction of sp³-hybridized carbons (Fsp3) is 0.211. The number of hydrogen-bond donors (Lipinski definition) is 0. The molecule has 0 N–H and O–H groups in total. The quantitative estimate of drug-likeness (QED) is 0.536. The zero-order chi connectivity index (χ0) is 15.7. The molecule has 112 valence electrons. The van der Waals surface area contributed by atoms with Crippen molar-refractivity contribution in [2.45, 2.75) is 27.2 Å². The molecule has 0 amide bonds. The molecule has 0 bridgehead atoms. The zero-order valence-electron chi connectivity index (χ0n) is 13.2. The van der Waals surface area contributed by atoms with Gasteiger partial charge in [0.25, 0.3) is 5.82 Å². The molecular weight excluding hydrogens is 272 g/mol. The van der Waals surface area contributed by atoms with Crippen LogP contribution in [0.2, 0.25) is 0 Å². The monoisotopic (exact) mass is 292 g/mol. The highest BCUT2D eigenvalue weighted by atomic mass is 16.5. The Labute approximate surface area is 131 Å². The fourth-order valence-electron chi connectivity index (χ4n) is 2.75. The Morgan fingerprint density at radius 3 is 2.18 bits per heavy atom. The lowest BCUT2D eigenvalue weighted by Gasteiger charge is -2.07. The highest BCUT2D eigenvalue weighted by molar-refractivity contribution is 5.38. The number of nitrogens with zero attached hydrogens (tertiary/aromatic N) is 2. The summed E-state index contributed by atoms with van der Waals surface area (Å²) in [6.07, 6.45) is 0.618. The van der Waals surface area contributed by atoms with E-state index in [1.54, 1.807) is 0 Å². The first kappa shape index (κ1) is 14.4. The first-order valence-electron chi connectivity index (χ1n) is 7.49. The van der Waals surface area contributed by atoms with Gasteiger partial charge in [-0.25, -0.2) is 4.73 Å². The average Bonchev–Trinajstić information content (AvgIpc) is 2.74. The van der Waals surface area contributed by atoms with E-state index in [4.69, 9.17) is 0 Å². The van der Waals surface area contributed by atoms with Crippen molar-refractivity contribution in [3.05, 3.63) is 88.1 Å². The van der Waals surface area contributed by atoms with Gasteiger partial charge < -0.3 is 5.21 Å². The molecular formula is C19H20N2O. The van der Waals surface area contributed by atoms with Gasteiger partial charge in [-0.2, -0.15) is 4.57 Å². The van der Waals surface area contributed by atoms with Crippen LogP contribution in [0.4, 0.5) is 0 Å². The van der Waals surface area contributed by atoms with Crippen LogP contribution in [0.3, 0.4) is 0 Å². The molecule has 0 spiro atoms. The summed E-state index contributed by atoms with van der Waals surface area (Å²) in [5.74, 6) is 0.755. The molecule has 0 aliphatic heterocycles. The predicted octanol–water partition coefficient (Wildman–Crippen LogP) is 3.63. The van der Waals surface area contributed by atoms with Crippen LogP contribution in [0.1, 0.15) is 28.3 Å². The summed E-state index contributed by atoms with van der Waals surface area (Å²) in [7, 11) is 0. The molecule has 0 aliphatic rings. The molecule has 0 atom stereocenters. The van der Waals surface area contributed by atoms with Gasteiger partial charge >= 0.3 is 0 Å². The summed E-state index contributed by atoms with van der Waals surface area (Å²) in [5.41, 5.74) is 5.13. The number of aromatic nitrogens is 2. The molecule has 1 heterocycles. The SMILES string of the molecule is Cc1ccc(-n2c(C)c(C)[n+]([O-])c2Cc2ccccc2)cc1. The highest BCUT2D eigenvalue weighted by Gasteiger charge is 2.23. The third-order valence-corrected chi connectivity index (χ3v) is 4.15. The predicted molar refractivity (Wildman–Crippen MR) is 88.2 cm³/mol. The van der Waals surface area contributed by atoms with E-state index in [9.17, 15) is 5.21 Å². The molecule has 3 aromatic rings. The van der Waals surface area contributed by atoms with Gasteiger partial charge in [-0.1, -0.05) is 48.0 Å². The maximum Gasteiger partial charge on any atom is 0.269 e. The number of hydrogen-bond acceptors (Lipinski definition) is 1. The minimum Gasteiger partial charge on any atom is -0.711 e. The van der Waals surface area contributed by atoms with Crippen LogP contribution in [0.15, 0.2) is 54.6 Å². The summed E-state index contributed by atoms with van der Waals surface area (Å²) in [4.78, 5) is 0. The maximum absolute atomic E-state index is 12.6. The van der Waals surface area contributed by atoms with Gasteiger partial charge in [0.05, 0.1) is 6.42 Å². The Morgan fingerprint density at radius 1 is 0.909 bits per heavy atom. The summed E-state index contributed by atoms with van der Waals surface area (Å²) in [6.45, 7) is 5.94. The molecule has 22 heavy (non-hydrogen) atoms. The number of imidazole rings is 1. The lowest BCUT2D eigenvalue weighted by atomic mass is 10.1. The van der Waals surface area contributed by atoms with Crippen LogP contribution in [0, 0.1) is 26.0 Å². The minimum absolute atomic E-state index is 0.618. The Balaban J connectivity index is 2.13. The number of rotatable bonds is 3. The second-order valence-corrected chi connectivity index (χ2v) is 5.71. The Kier molecular flexibility index (Phi) is 3.72. The lowest BCUT2D eigenvalue weighted by Crippen LogP contribution is -2.33. The molecule has 0 fully saturated rings. The Hall–Kier alpha value is -2.55. The first-order valence-corrected chi connectivity index (χ1v) is 7.49. The largest absolute Gasteiger partial charge is 0.711 e. The smallest absolute Gasteiger partial charge is 0.269 e. The van der Waals surface area contributed by atoms with Crippen LogP contribution in [-0.2, 0) is 6.42 Å². The van der Waals surface area contributed by atoms with Gasteiger partial charge in [-0.15, -0.1) is 0 Å². The molecule has 1 aromatic heterocycles. The maximum atomic E-state index is 12.6. The van der Waals surface area contributed by atoms with Crippen molar-refractivity contribution < 1.29 is 4.73 Å². The second kappa shape index (κ2) is 5.68. The van der Waals surface area contributed by atoms with E-state index in [2.05, 4.69) is 47.9 Å². The highest BCUT2D eigenvalue weighted by Crippen LogP contribution is 2.19. The molecule has 2 aromatic carbocycles. The standard InChI is InChI=1S/C19H20N2O/c1-14-9-11-18(12-10-14)20-15(2)16(3)21(22)19(20)13-17-7-5-4-6-8-17/h4-12H,13H2,1-3H3. The fourth-order valence-corrected chi connectivity index (χ4v) is 2.75. The van der Waals surface area contributed by atoms with Crippen molar-refractivity contribution in [2.75, 3.05) is 0 Å². The molecule has 0 saturated carbocycles. The number of aryl methyl sites for hydroxylation is 1. The molecule has 0 aliphatic carbocycles. The summed E-state index contributed by atoms with van der Waals surface area (Å²) >= 11 is 0. The van der Waals surface area contributed by atoms with E-state index in [0.717, 1.165) is 33.2 Å². The summed E-state index contributed by atoms with van der Waals surface area (Å²) in [6, 6.07) is 18.4. The topological polar surface area (TPSA) is 31.9 Å².